The molecule has 0 heterocycles. The van der Waals surface area contributed by atoms with E-state index in [1.54, 1.807) is 24.3 Å². The molecule has 74 valence electrons. The summed E-state index contributed by atoms with van der Waals surface area (Å²) in [7, 11) is 0. The van der Waals surface area contributed by atoms with Crippen molar-refractivity contribution < 1.29 is 14.3 Å². The molecule has 0 fully saturated rings. The van der Waals surface area contributed by atoms with Crippen molar-refractivity contribution in [2.45, 2.75) is 13.3 Å². The molecule has 0 N–H and O–H groups in total. The summed E-state index contributed by atoms with van der Waals surface area (Å²) in [6.07, 6.45) is 0.506. The van der Waals surface area contributed by atoms with Crippen LogP contribution in [0.2, 0.25) is 0 Å². The van der Waals surface area contributed by atoms with E-state index >= 15 is 0 Å². The molecule has 0 unspecified atom stereocenters. The van der Waals surface area contributed by atoms with E-state index in [1.165, 1.54) is 0 Å². The van der Waals surface area contributed by atoms with Crippen molar-refractivity contribution >= 4 is 12.1 Å². The number of carbonyl (C=O) groups excluding carboxylic acids is 2. The number of carbonyl (C=O) groups is 2. The fourth-order valence-electron chi connectivity index (χ4n) is 1.11. The lowest BCUT2D eigenvalue weighted by molar-refractivity contribution is -0.129. The number of Topliss-reactive ketones (excluding diaryl/α,β-unsaturated/α-hetero) is 1. The summed E-state index contributed by atoms with van der Waals surface area (Å²) in [6, 6.07) is 7.15. The Bertz CT molecular complexity index is 314. The average Bonchev–Trinajstić information content (AvgIpc) is 2.21. The maximum Gasteiger partial charge on any atom is 0.199 e. The maximum absolute atomic E-state index is 10.8. The van der Waals surface area contributed by atoms with Crippen LogP contribution in [0.15, 0.2) is 24.3 Å². The molecule has 0 saturated heterocycles. The molecule has 0 bridgehead atoms. The number of ether oxygens (including phenoxy) is 1. The van der Waals surface area contributed by atoms with Gasteiger partial charge in [-0.05, 0) is 24.6 Å². The van der Waals surface area contributed by atoms with Gasteiger partial charge in [-0.3, -0.25) is 9.59 Å². The van der Waals surface area contributed by atoms with Crippen LogP contribution in [0.3, 0.4) is 0 Å². The van der Waals surface area contributed by atoms with Crippen molar-refractivity contribution in [1.82, 2.24) is 0 Å². The van der Waals surface area contributed by atoms with E-state index in [0.29, 0.717) is 12.9 Å². The summed E-state index contributed by atoms with van der Waals surface area (Å²) >= 11 is 0. The van der Waals surface area contributed by atoms with Crippen LogP contribution in [0.4, 0.5) is 0 Å². The predicted octanol–water partition coefficient (Wildman–Crippen LogP) is 1.40. The Kier molecular flexibility index (Phi) is 3.85. The lowest BCUT2D eigenvalue weighted by atomic mass is 10.1. The SMILES string of the molecule is CCOc1ccc(CC(=O)C=O)cc1. The van der Waals surface area contributed by atoms with Crippen molar-refractivity contribution in [1.29, 1.82) is 0 Å². The predicted molar refractivity (Wildman–Crippen MR) is 52.4 cm³/mol. The highest BCUT2D eigenvalue weighted by atomic mass is 16.5. The van der Waals surface area contributed by atoms with E-state index in [9.17, 15) is 9.59 Å². The second-order valence-corrected chi connectivity index (χ2v) is 2.84. The van der Waals surface area contributed by atoms with Gasteiger partial charge in [-0.15, -0.1) is 0 Å². The Hall–Kier alpha value is -1.64. The summed E-state index contributed by atoms with van der Waals surface area (Å²) in [6.45, 7) is 2.52. The minimum Gasteiger partial charge on any atom is -0.494 e. The molecule has 0 atom stereocenters. The highest BCUT2D eigenvalue weighted by Gasteiger charge is 2.01. The highest BCUT2D eigenvalue weighted by Crippen LogP contribution is 2.12. The summed E-state index contributed by atoms with van der Waals surface area (Å²) < 4.78 is 5.24. The van der Waals surface area contributed by atoms with Gasteiger partial charge < -0.3 is 4.74 Å². The molecule has 1 rings (SSSR count). The van der Waals surface area contributed by atoms with Crippen molar-refractivity contribution in [2.75, 3.05) is 6.61 Å². The molecule has 0 spiro atoms. The average molecular weight is 192 g/mol. The number of aldehydes is 1. The topological polar surface area (TPSA) is 43.4 Å². The maximum atomic E-state index is 10.8. The molecule has 0 aliphatic rings. The normalized spacial score (nSPS) is 9.50. The fourth-order valence-corrected chi connectivity index (χ4v) is 1.11. The lowest BCUT2D eigenvalue weighted by Gasteiger charge is -2.03. The van der Waals surface area contributed by atoms with Crippen LogP contribution in [0.5, 0.6) is 5.75 Å². The molecule has 14 heavy (non-hydrogen) atoms. The molecule has 0 radical (unpaired) electrons. The molecule has 1 aromatic carbocycles. The van der Waals surface area contributed by atoms with Crippen LogP contribution >= 0.6 is 0 Å². The standard InChI is InChI=1S/C11H12O3/c1-2-14-11-5-3-9(4-6-11)7-10(13)8-12/h3-6,8H,2,7H2,1H3. The van der Waals surface area contributed by atoms with Gasteiger partial charge in [0, 0.05) is 6.42 Å². The van der Waals surface area contributed by atoms with Gasteiger partial charge in [-0.25, -0.2) is 0 Å². The smallest absolute Gasteiger partial charge is 0.199 e. The van der Waals surface area contributed by atoms with Crippen LogP contribution in [-0.2, 0) is 16.0 Å². The number of ketones is 1. The first-order valence-corrected chi connectivity index (χ1v) is 4.46. The van der Waals surface area contributed by atoms with Crippen LogP contribution < -0.4 is 4.74 Å². The van der Waals surface area contributed by atoms with Gasteiger partial charge in [-0.1, -0.05) is 12.1 Å². The van der Waals surface area contributed by atoms with Gasteiger partial charge in [0.2, 0.25) is 0 Å². The van der Waals surface area contributed by atoms with Crippen molar-refractivity contribution in [2.24, 2.45) is 0 Å². The van der Waals surface area contributed by atoms with E-state index in [0.717, 1.165) is 11.3 Å². The molecular formula is C11H12O3. The third-order valence-electron chi connectivity index (χ3n) is 1.74. The molecule has 0 aliphatic heterocycles. The monoisotopic (exact) mass is 192 g/mol. The van der Waals surface area contributed by atoms with Gasteiger partial charge >= 0.3 is 0 Å². The van der Waals surface area contributed by atoms with Crippen LogP contribution in [0.1, 0.15) is 12.5 Å². The molecule has 3 heteroatoms. The first-order valence-electron chi connectivity index (χ1n) is 4.46. The van der Waals surface area contributed by atoms with E-state index < -0.39 is 5.78 Å². The largest absolute Gasteiger partial charge is 0.494 e. The van der Waals surface area contributed by atoms with E-state index in [4.69, 9.17) is 4.74 Å². The Balaban J connectivity index is 2.63. The van der Waals surface area contributed by atoms with E-state index in [1.807, 2.05) is 6.92 Å². The molecule has 1 aromatic rings. The van der Waals surface area contributed by atoms with Crippen molar-refractivity contribution in [3.05, 3.63) is 29.8 Å². The summed E-state index contributed by atoms with van der Waals surface area (Å²) in [5.74, 6) is 0.365. The Labute approximate surface area is 82.7 Å². The molecule has 0 aromatic heterocycles. The second-order valence-electron chi connectivity index (χ2n) is 2.84. The first-order chi connectivity index (χ1) is 6.76. The third kappa shape index (κ3) is 3.01. The minimum absolute atomic E-state index is 0.163. The van der Waals surface area contributed by atoms with Crippen LogP contribution in [0.25, 0.3) is 0 Å². The zero-order chi connectivity index (χ0) is 10.4. The van der Waals surface area contributed by atoms with Gasteiger partial charge in [0.25, 0.3) is 0 Å². The first kappa shape index (κ1) is 10.4. The Morgan fingerprint density at radius 1 is 1.36 bits per heavy atom. The summed E-state index contributed by atoms with van der Waals surface area (Å²) in [5, 5.41) is 0. The quantitative estimate of drug-likeness (QED) is 0.523. The van der Waals surface area contributed by atoms with Crippen molar-refractivity contribution in [3.8, 4) is 5.75 Å². The second kappa shape index (κ2) is 5.17. The van der Waals surface area contributed by atoms with Gasteiger partial charge in [0.1, 0.15) is 5.75 Å². The molecular weight excluding hydrogens is 180 g/mol. The van der Waals surface area contributed by atoms with Gasteiger partial charge in [0.15, 0.2) is 12.1 Å². The molecule has 0 amide bonds. The van der Waals surface area contributed by atoms with E-state index in [-0.39, 0.29) is 6.42 Å². The zero-order valence-corrected chi connectivity index (χ0v) is 8.03. The van der Waals surface area contributed by atoms with Crippen molar-refractivity contribution in [3.63, 3.8) is 0 Å². The lowest BCUT2D eigenvalue weighted by Crippen LogP contribution is -2.03. The highest BCUT2D eigenvalue weighted by molar-refractivity contribution is 6.25. The summed E-state index contributed by atoms with van der Waals surface area (Å²) in [4.78, 5) is 20.9. The van der Waals surface area contributed by atoms with Crippen LogP contribution in [-0.4, -0.2) is 18.7 Å². The fraction of sp³-hybridized carbons (Fsp3) is 0.273. The summed E-state index contributed by atoms with van der Waals surface area (Å²) in [5.41, 5.74) is 0.825. The van der Waals surface area contributed by atoms with E-state index in [2.05, 4.69) is 0 Å². The zero-order valence-electron chi connectivity index (χ0n) is 8.03. The van der Waals surface area contributed by atoms with Gasteiger partial charge in [-0.2, -0.15) is 0 Å². The Morgan fingerprint density at radius 2 is 2.00 bits per heavy atom. The number of rotatable bonds is 5. The minimum atomic E-state index is -0.408. The molecule has 0 saturated carbocycles. The van der Waals surface area contributed by atoms with Crippen LogP contribution in [0, 0.1) is 0 Å². The third-order valence-corrected chi connectivity index (χ3v) is 1.74. The number of hydrogen-bond donors (Lipinski definition) is 0. The number of hydrogen-bond acceptors (Lipinski definition) is 3. The molecule has 0 aliphatic carbocycles. The number of benzene rings is 1. The Morgan fingerprint density at radius 3 is 2.50 bits per heavy atom. The molecule has 3 nitrogen and oxygen atoms in total. The van der Waals surface area contributed by atoms with Gasteiger partial charge in [0.05, 0.1) is 6.61 Å².